The molecule has 0 saturated carbocycles. The monoisotopic (exact) mass is 412 g/mol. The Hall–Kier alpha value is -2.03. The Labute approximate surface area is 182 Å². The van der Waals surface area contributed by atoms with Crippen molar-refractivity contribution >= 4 is 16.6 Å². The molecule has 0 aliphatic rings. The van der Waals surface area contributed by atoms with E-state index in [4.69, 9.17) is 0 Å². The van der Waals surface area contributed by atoms with E-state index in [1.165, 1.54) is 56.9 Å². The molecule has 0 aromatic heterocycles. The lowest BCUT2D eigenvalue weighted by Gasteiger charge is -2.12. The van der Waals surface area contributed by atoms with Crippen molar-refractivity contribution in [1.82, 2.24) is 0 Å². The maximum Gasteiger partial charge on any atom is 0.158 e. The van der Waals surface area contributed by atoms with Gasteiger partial charge in [-0.2, -0.15) is 0 Å². The Kier molecular flexibility index (Phi) is 10.8. The van der Waals surface area contributed by atoms with Crippen LogP contribution in [0, 0.1) is 0 Å². The number of aromatic hydroxyl groups is 2. The molecule has 0 unspecified atom stereocenters. The van der Waals surface area contributed by atoms with Crippen LogP contribution in [-0.4, -0.2) is 16.0 Å². The molecular formula is C27H40O3. The zero-order chi connectivity index (χ0) is 21.8. The molecule has 2 N–H and O–H groups in total. The van der Waals surface area contributed by atoms with Gasteiger partial charge in [-0.25, -0.2) is 0 Å². The summed E-state index contributed by atoms with van der Waals surface area (Å²) in [7, 11) is 0. The Morgan fingerprint density at radius 2 is 1.33 bits per heavy atom. The maximum atomic E-state index is 12.6. The minimum Gasteiger partial charge on any atom is -0.504 e. The second-order valence-corrected chi connectivity index (χ2v) is 8.71. The molecule has 0 atom stereocenters. The van der Waals surface area contributed by atoms with Crippen LogP contribution in [-0.2, 0) is 17.6 Å². The Balaban J connectivity index is 1.97. The van der Waals surface area contributed by atoms with Crippen molar-refractivity contribution < 1.29 is 15.0 Å². The first kappa shape index (κ1) is 24.2. The van der Waals surface area contributed by atoms with E-state index >= 15 is 0 Å². The number of hydrogen-bond acceptors (Lipinski definition) is 3. The lowest BCUT2D eigenvalue weighted by Crippen LogP contribution is -2.04. The Bertz CT molecular complexity index is 794. The Morgan fingerprint density at radius 1 is 0.733 bits per heavy atom. The summed E-state index contributed by atoms with van der Waals surface area (Å²) < 4.78 is 0. The number of benzene rings is 2. The van der Waals surface area contributed by atoms with E-state index in [-0.39, 0.29) is 17.3 Å². The normalized spacial score (nSPS) is 11.3. The molecule has 30 heavy (non-hydrogen) atoms. The first-order valence-corrected chi connectivity index (χ1v) is 12.0. The molecule has 0 radical (unpaired) electrons. The number of hydrogen-bond donors (Lipinski definition) is 2. The van der Waals surface area contributed by atoms with Crippen molar-refractivity contribution in [3.63, 3.8) is 0 Å². The second kappa shape index (κ2) is 13.3. The summed E-state index contributed by atoms with van der Waals surface area (Å²) in [6.07, 6.45) is 15.3. The van der Waals surface area contributed by atoms with E-state index in [0.717, 1.165) is 42.0 Å². The zero-order valence-corrected chi connectivity index (χ0v) is 19.0. The van der Waals surface area contributed by atoms with Crippen LogP contribution in [0.4, 0.5) is 0 Å². The molecule has 0 saturated heterocycles. The van der Waals surface area contributed by atoms with E-state index in [9.17, 15) is 15.0 Å². The topological polar surface area (TPSA) is 57.5 Å². The number of fused-ring (bicyclic) bond motifs is 1. The van der Waals surface area contributed by atoms with Gasteiger partial charge >= 0.3 is 0 Å². The van der Waals surface area contributed by atoms with E-state index in [2.05, 4.69) is 26.0 Å². The van der Waals surface area contributed by atoms with E-state index in [1.54, 1.807) is 12.1 Å². The summed E-state index contributed by atoms with van der Waals surface area (Å²) in [5.41, 5.74) is 2.18. The van der Waals surface area contributed by atoms with E-state index < -0.39 is 0 Å². The van der Waals surface area contributed by atoms with Crippen molar-refractivity contribution in [2.45, 2.75) is 104 Å². The lowest BCUT2D eigenvalue weighted by atomic mass is 9.93. The van der Waals surface area contributed by atoms with E-state index in [0.29, 0.717) is 12.8 Å². The van der Waals surface area contributed by atoms with Gasteiger partial charge in [0, 0.05) is 12.8 Å². The van der Waals surface area contributed by atoms with Gasteiger partial charge in [-0.3, -0.25) is 4.79 Å². The molecule has 0 spiro atoms. The van der Waals surface area contributed by atoms with E-state index in [1.807, 2.05) is 0 Å². The zero-order valence-electron chi connectivity index (χ0n) is 19.0. The molecule has 2 aromatic carbocycles. The number of phenols is 2. The number of rotatable bonds is 15. The first-order chi connectivity index (χ1) is 14.5. The summed E-state index contributed by atoms with van der Waals surface area (Å²) in [4.78, 5) is 12.6. The van der Waals surface area contributed by atoms with Gasteiger partial charge < -0.3 is 10.2 Å². The maximum absolute atomic E-state index is 12.6. The number of Topliss-reactive ketones (excluding diaryl/α,β-unsaturated/α-hetero) is 1. The van der Waals surface area contributed by atoms with Gasteiger partial charge in [0.2, 0.25) is 0 Å². The molecule has 2 aromatic rings. The smallest absolute Gasteiger partial charge is 0.158 e. The fourth-order valence-corrected chi connectivity index (χ4v) is 4.16. The van der Waals surface area contributed by atoms with Crippen LogP contribution in [0.15, 0.2) is 24.3 Å². The number of unbranched alkanes of at least 4 members (excludes halogenated alkanes) is 9. The van der Waals surface area contributed by atoms with Gasteiger partial charge in [-0.1, -0.05) is 83.8 Å². The highest BCUT2D eigenvalue weighted by Crippen LogP contribution is 2.33. The molecule has 0 heterocycles. The van der Waals surface area contributed by atoms with Crippen LogP contribution in [0.25, 0.3) is 10.8 Å². The highest BCUT2D eigenvalue weighted by molar-refractivity contribution is 5.93. The Morgan fingerprint density at radius 3 is 2.03 bits per heavy atom. The van der Waals surface area contributed by atoms with Gasteiger partial charge in [-0.15, -0.1) is 0 Å². The third-order valence-electron chi connectivity index (χ3n) is 5.96. The highest BCUT2D eigenvalue weighted by atomic mass is 16.3. The minimum absolute atomic E-state index is 0.107. The molecule has 0 bridgehead atoms. The summed E-state index contributed by atoms with van der Waals surface area (Å²) in [5.74, 6) is 0.0305. The largest absolute Gasteiger partial charge is 0.504 e. The van der Waals surface area contributed by atoms with Crippen molar-refractivity contribution in [3.05, 3.63) is 35.4 Å². The van der Waals surface area contributed by atoms with Crippen LogP contribution >= 0.6 is 0 Å². The summed E-state index contributed by atoms with van der Waals surface area (Å²) >= 11 is 0. The summed E-state index contributed by atoms with van der Waals surface area (Å²) in [6, 6.07) is 7.41. The molecular weight excluding hydrogens is 372 g/mol. The average Bonchev–Trinajstić information content (AvgIpc) is 2.71. The van der Waals surface area contributed by atoms with Crippen molar-refractivity contribution in [2.24, 2.45) is 0 Å². The first-order valence-electron chi connectivity index (χ1n) is 12.0. The third kappa shape index (κ3) is 8.01. The number of ketones is 1. The SMILES string of the molecule is CCCCCCCCCCC(=O)Cc1cc(CCCCC)cc2cc(O)c(O)cc12. The third-order valence-corrected chi connectivity index (χ3v) is 5.96. The number of phenolic OH excluding ortho intramolecular Hbond substituents is 2. The number of aryl methyl sites for hydroxylation is 1. The van der Waals surface area contributed by atoms with Crippen LogP contribution in [0.5, 0.6) is 11.5 Å². The lowest BCUT2D eigenvalue weighted by molar-refractivity contribution is -0.118. The van der Waals surface area contributed by atoms with Crippen molar-refractivity contribution in [1.29, 1.82) is 0 Å². The highest BCUT2D eigenvalue weighted by Gasteiger charge is 2.12. The molecule has 0 amide bonds. The molecule has 0 fully saturated rings. The quantitative estimate of drug-likeness (QED) is 0.233. The molecule has 0 aliphatic heterocycles. The number of carbonyl (C=O) groups excluding carboxylic acids is 1. The summed E-state index contributed by atoms with van der Waals surface area (Å²) in [5, 5.41) is 21.6. The fourth-order valence-electron chi connectivity index (χ4n) is 4.16. The van der Waals surface area contributed by atoms with Crippen molar-refractivity contribution in [3.8, 4) is 11.5 Å². The van der Waals surface area contributed by atoms with Crippen LogP contribution in [0.2, 0.25) is 0 Å². The average molecular weight is 413 g/mol. The van der Waals surface area contributed by atoms with Crippen molar-refractivity contribution in [2.75, 3.05) is 0 Å². The van der Waals surface area contributed by atoms with Crippen LogP contribution in [0.3, 0.4) is 0 Å². The van der Waals surface area contributed by atoms with Crippen LogP contribution < -0.4 is 0 Å². The van der Waals surface area contributed by atoms with Gasteiger partial charge in [0.1, 0.15) is 5.78 Å². The molecule has 2 rings (SSSR count). The molecule has 3 heteroatoms. The summed E-state index contributed by atoms with van der Waals surface area (Å²) in [6.45, 7) is 4.43. The molecule has 166 valence electrons. The fraction of sp³-hybridized carbons (Fsp3) is 0.593. The minimum atomic E-state index is -0.127. The predicted molar refractivity (Wildman–Crippen MR) is 126 cm³/mol. The van der Waals surface area contributed by atoms with Crippen LogP contribution in [0.1, 0.15) is 102 Å². The molecule has 3 nitrogen and oxygen atoms in total. The number of carbonyl (C=O) groups is 1. The molecule has 0 aliphatic carbocycles. The second-order valence-electron chi connectivity index (χ2n) is 8.71. The predicted octanol–water partition coefficient (Wildman–Crippen LogP) is 7.63. The van der Waals surface area contributed by atoms with Gasteiger partial charge in [-0.05, 0) is 53.3 Å². The van der Waals surface area contributed by atoms with Gasteiger partial charge in [0.05, 0.1) is 0 Å². The van der Waals surface area contributed by atoms with Gasteiger partial charge in [0.15, 0.2) is 11.5 Å². The van der Waals surface area contributed by atoms with Gasteiger partial charge in [0.25, 0.3) is 0 Å². The standard InChI is InChI=1S/C27H40O3/c1-3-5-7-8-9-10-11-13-15-24(28)18-22-16-21(14-12-6-4-2)17-23-19-26(29)27(30)20-25(22)23/h16-17,19-20,29-30H,3-15,18H2,1-2H3.